The Hall–Kier alpha value is -2.14. The molecule has 0 saturated carbocycles. The van der Waals surface area contributed by atoms with Gasteiger partial charge in [0.1, 0.15) is 10.7 Å². The fourth-order valence-corrected chi connectivity index (χ4v) is 1.61. The summed E-state index contributed by atoms with van der Waals surface area (Å²) in [5, 5.41) is 9.92. The van der Waals surface area contributed by atoms with Gasteiger partial charge in [0.15, 0.2) is 0 Å². The monoisotopic (exact) mass is 276 g/mol. The molecule has 0 aliphatic carbocycles. The number of hydrogen-bond acceptors (Lipinski definition) is 4. The number of H-pyrrole nitrogens is 1. The van der Waals surface area contributed by atoms with E-state index in [1.54, 1.807) is 6.21 Å². The molecule has 0 bridgehead atoms. The summed E-state index contributed by atoms with van der Waals surface area (Å²) in [7, 11) is 0. The number of rotatable bonds is 4. The van der Waals surface area contributed by atoms with E-state index in [-0.39, 0.29) is 5.02 Å². The molecule has 0 radical (unpaired) electrons. The van der Waals surface area contributed by atoms with Crippen molar-refractivity contribution in [3.8, 4) is 0 Å². The van der Waals surface area contributed by atoms with Gasteiger partial charge in [-0.05, 0) is 17.5 Å². The lowest BCUT2D eigenvalue weighted by atomic mass is 10.1. The second kappa shape index (κ2) is 6.15. The highest BCUT2D eigenvalue weighted by Gasteiger charge is 2.02. The average molecular weight is 277 g/mol. The van der Waals surface area contributed by atoms with Gasteiger partial charge in [-0.15, -0.1) is 0 Å². The first kappa shape index (κ1) is 13.3. The van der Waals surface area contributed by atoms with Crippen molar-refractivity contribution in [2.75, 3.05) is 5.43 Å². The molecule has 1 aromatic carbocycles. The van der Waals surface area contributed by atoms with E-state index >= 15 is 0 Å². The quantitative estimate of drug-likeness (QED) is 0.665. The highest BCUT2D eigenvalue weighted by molar-refractivity contribution is 6.32. The van der Waals surface area contributed by atoms with Crippen LogP contribution in [0.1, 0.15) is 18.1 Å². The fraction of sp³-hybridized carbons (Fsp3) is 0.154. The molecule has 2 rings (SSSR count). The summed E-state index contributed by atoms with van der Waals surface area (Å²) in [5.41, 5.74) is 4.83. The van der Waals surface area contributed by atoms with Gasteiger partial charge < -0.3 is 0 Å². The van der Waals surface area contributed by atoms with Crippen LogP contribution in [0.3, 0.4) is 0 Å². The van der Waals surface area contributed by atoms with Gasteiger partial charge in [0, 0.05) is 0 Å². The van der Waals surface area contributed by atoms with Crippen molar-refractivity contribution >= 4 is 23.5 Å². The summed E-state index contributed by atoms with van der Waals surface area (Å²) in [6.45, 7) is 2.10. The van der Waals surface area contributed by atoms with Gasteiger partial charge in [0.05, 0.1) is 12.4 Å². The number of nitrogens with zero attached hydrogens (tertiary/aromatic N) is 2. The summed E-state index contributed by atoms with van der Waals surface area (Å²) >= 11 is 5.79. The number of hydrogen-bond donors (Lipinski definition) is 2. The molecule has 98 valence electrons. The van der Waals surface area contributed by atoms with Crippen LogP contribution in [0.5, 0.6) is 0 Å². The zero-order chi connectivity index (χ0) is 13.7. The first-order valence-electron chi connectivity index (χ1n) is 5.82. The van der Waals surface area contributed by atoms with Gasteiger partial charge in [-0.25, -0.2) is 5.10 Å². The predicted molar refractivity (Wildman–Crippen MR) is 76.9 cm³/mol. The molecule has 1 heterocycles. The van der Waals surface area contributed by atoms with Crippen molar-refractivity contribution in [2.24, 2.45) is 5.10 Å². The summed E-state index contributed by atoms with van der Waals surface area (Å²) in [6.07, 6.45) is 4.06. The maximum atomic E-state index is 11.2. The molecular formula is C13H13ClN4O. The standard InChI is InChI=1S/C13H13ClN4O/c1-2-9-3-5-10(6-4-9)7-15-17-11-8-16-18-13(19)12(11)14/h3-8H,2H2,1H3,(H2,17,18,19)/b15-7+. The van der Waals surface area contributed by atoms with Gasteiger partial charge in [-0.3, -0.25) is 10.2 Å². The molecule has 0 spiro atoms. The molecule has 0 saturated heterocycles. The largest absolute Gasteiger partial charge is 0.285 e. The van der Waals surface area contributed by atoms with Crippen molar-refractivity contribution < 1.29 is 0 Å². The van der Waals surface area contributed by atoms with Crippen LogP contribution in [0.15, 0.2) is 40.4 Å². The minimum atomic E-state index is -0.450. The maximum Gasteiger partial charge on any atom is 0.285 e. The molecule has 6 heteroatoms. The molecule has 0 amide bonds. The number of halogens is 1. The fourth-order valence-electron chi connectivity index (χ4n) is 1.48. The molecule has 0 aliphatic heterocycles. The number of anilines is 1. The van der Waals surface area contributed by atoms with E-state index in [2.05, 4.69) is 27.6 Å². The molecule has 2 N–H and O–H groups in total. The third kappa shape index (κ3) is 3.42. The van der Waals surface area contributed by atoms with E-state index in [0.717, 1.165) is 12.0 Å². The van der Waals surface area contributed by atoms with Crippen LogP contribution in [-0.2, 0) is 6.42 Å². The summed E-state index contributed by atoms with van der Waals surface area (Å²) in [5.74, 6) is 0. The number of aromatic amines is 1. The minimum absolute atomic E-state index is 0.0356. The van der Waals surface area contributed by atoms with Crippen LogP contribution in [0.2, 0.25) is 5.02 Å². The van der Waals surface area contributed by atoms with Crippen LogP contribution < -0.4 is 11.0 Å². The highest BCUT2D eigenvalue weighted by atomic mass is 35.5. The van der Waals surface area contributed by atoms with Crippen LogP contribution in [0.25, 0.3) is 0 Å². The lowest BCUT2D eigenvalue weighted by molar-refractivity contribution is 0.987. The van der Waals surface area contributed by atoms with E-state index in [1.165, 1.54) is 11.8 Å². The molecule has 1 aromatic heterocycles. The Morgan fingerprint density at radius 3 is 2.84 bits per heavy atom. The second-order valence-electron chi connectivity index (χ2n) is 3.89. The number of hydrazone groups is 1. The van der Waals surface area contributed by atoms with Gasteiger partial charge >= 0.3 is 0 Å². The Balaban J connectivity index is 2.07. The molecule has 2 aromatic rings. The van der Waals surface area contributed by atoms with Crippen molar-refractivity contribution in [3.63, 3.8) is 0 Å². The van der Waals surface area contributed by atoms with E-state index < -0.39 is 5.56 Å². The SMILES string of the molecule is CCc1ccc(/C=N/Nc2cn[nH]c(=O)c2Cl)cc1. The smallest absolute Gasteiger partial charge is 0.275 e. The number of nitrogens with one attached hydrogen (secondary N) is 2. The molecule has 0 fully saturated rings. The van der Waals surface area contributed by atoms with Crippen molar-refractivity contribution in [1.29, 1.82) is 0 Å². The number of aryl methyl sites for hydroxylation is 1. The molecule has 19 heavy (non-hydrogen) atoms. The Labute approximate surface area is 115 Å². The van der Waals surface area contributed by atoms with Gasteiger partial charge in [-0.1, -0.05) is 42.8 Å². The normalized spacial score (nSPS) is 10.8. The van der Waals surface area contributed by atoms with E-state index in [1.807, 2.05) is 24.3 Å². The third-order valence-corrected chi connectivity index (χ3v) is 2.96. The minimum Gasteiger partial charge on any atom is -0.275 e. The van der Waals surface area contributed by atoms with Gasteiger partial charge in [0.25, 0.3) is 5.56 Å². The Bertz CT molecular complexity index is 634. The van der Waals surface area contributed by atoms with Crippen LogP contribution in [0, 0.1) is 0 Å². The summed E-state index contributed by atoms with van der Waals surface area (Å²) in [6, 6.07) is 8.04. The zero-order valence-corrected chi connectivity index (χ0v) is 11.1. The molecule has 0 aliphatic rings. The summed E-state index contributed by atoms with van der Waals surface area (Å²) < 4.78 is 0. The van der Waals surface area contributed by atoms with Crippen molar-refractivity contribution in [1.82, 2.24) is 10.2 Å². The van der Waals surface area contributed by atoms with Crippen LogP contribution >= 0.6 is 11.6 Å². The lowest BCUT2D eigenvalue weighted by Gasteiger charge is -2.01. The van der Waals surface area contributed by atoms with E-state index in [0.29, 0.717) is 5.69 Å². The molecule has 0 unspecified atom stereocenters. The summed E-state index contributed by atoms with van der Waals surface area (Å²) in [4.78, 5) is 11.2. The maximum absolute atomic E-state index is 11.2. The van der Waals surface area contributed by atoms with Crippen molar-refractivity contribution in [2.45, 2.75) is 13.3 Å². The van der Waals surface area contributed by atoms with E-state index in [4.69, 9.17) is 11.6 Å². The van der Waals surface area contributed by atoms with E-state index in [9.17, 15) is 4.79 Å². The average Bonchev–Trinajstić information content (AvgIpc) is 2.44. The lowest BCUT2D eigenvalue weighted by Crippen LogP contribution is -2.10. The van der Waals surface area contributed by atoms with Crippen molar-refractivity contribution in [3.05, 3.63) is 57.0 Å². The Morgan fingerprint density at radius 2 is 2.16 bits per heavy atom. The van der Waals surface area contributed by atoms with Gasteiger partial charge in [0.2, 0.25) is 0 Å². The number of benzene rings is 1. The van der Waals surface area contributed by atoms with Gasteiger partial charge in [-0.2, -0.15) is 10.2 Å². The highest BCUT2D eigenvalue weighted by Crippen LogP contribution is 2.13. The third-order valence-electron chi connectivity index (χ3n) is 2.58. The first-order chi connectivity index (χ1) is 9.20. The topological polar surface area (TPSA) is 70.1 Å². The zero-order valence-electron chi connectivity index (χ0n) is 10.4. The van der Waals surface area contributed by atoms with Crippen LogP contribution in [0.4, 0.5) is 5.69 Å². The molecule has 0 atom stereocenters. The Morgan fingerprint density at radius 1 is 1.42 bits per heavy atom. The second-order valence-corrected chi connectivity index (χ2v) is 4.27. The molecular weight excluding hydrogens is 264 g/mol. The molecule has 5 nitrogen and oxygen atoms in total. The first-order valence-corrected chi connectivity index (χ1v) is 6.19. The Kier molecular flexibility index (Phi) is 4.30. The van der Waals surface area contributed by atoms with Crippen LogP contribution in [-0.4, -0.2) is 16.4 Å². The number of aromatic nitrogens is 2. The predicted octanol–water partition coefficient (Wildman–Crippen LogP) is 2.43.